The van der Waals surface area contributed by atoms with Crippen LogP contribution in [0.1, 0.15) is 36.1 Å². The topological polar surface area (TPSA) is 161 Å². The van der Waals surface area contributed by atoms with E-state index in [4.69, 9.17) is 0 Å². The molecular formula is C30H26Na2O8. The van der Waals surface area contributed by atoms with Gasteiger partial charge >= 0.3 is 59.1 Å². The molecule has 10 heteroatoms. The molecule has 0 aliphatic carbocycles. The molecule has 0 aromatic heterocycles. The van der Waals surface area contributed by atoms with Crippen molar-refractivity contribution >= 4 is 11.9 Å². The van der Waals surface area contributed by atoms with Gasteiger partial charge in [0.1, 0.15) is 23.0 Å². The van der Waals surface area contributed by atoms with Crippen molar-refractivity contribution in [2.45, 2.75) is 24.7 Å². The molecule has 0 spiro atoms. The van der Waals surface area contributed by atoms with Crippen molar-refractivity contribution in [3.8, 4) is 23.0 Å². The quantitative estimate of drug-likeness (QED) is 0.175. The van der Waals surface area contributed by atoms with Crippen LogP contribution in [-0.4, -0.2) is 32.4 Å². The summed E-state index contributed by atoms with van der Waals surface area (Å²) < 4.78 is 0. The maximum atomic E-state index is 11.6. The molecule has 0 unspecified atom stereocenters. The van der Waals surface area contributed by atoms with E-state index in [1.165, 1.54) is 111 Å². The third-order valence-corrected chi connectivity index (χ3v) is 6.60. The number of aromatic hydroxyl groups is 4. The molecule has 4 aromatic rings. The molecule has 0 fully saturated rings. The predicted octanol–water partition coefficient (Wildman–Crippen LogP) is -3.68. The Morgan fingerprint density at radius 3 is 0.725 bits per heavy atom. The molecule has 0 bridgehead atoms. The van der Waals surface area contributed by atoms with Gasteiger partial charge in [0.2, 0.25) is 0 Å². The van der Waals surface area contributed by atoms with Crippen LogP contribution in [0.2, 0.25) is 0 Å². The summed E-state index contributed by atoms with van der Waals surface area (Å²) in [6.07, 6.45) is 0. The van der Waals surface area contributed by atoms with Crippen molar-refractivity contribution in [1.29, 1.82) is 0 Å². The zero-order valence-electron chi connectivity index (χ0n) is 22.7. The first kappa shape index (κ1) is 35.0. The third-order valence-electron chi connectivity index (χ3n) is 6.60. The molecule has 196 valence electrons. The summed E-state index contributed by atoms with van der Waals surface area (Å²) in [5.41, 5.74) is -0.707. The van der Waals surface area contributed by atoms with Crippen molar-refractivity contribution in [2.24, 2.45) is 0 Å². The molecule has 4 rings (SSSR count). The van der Waals surface area contributed by atoms with Gasteiger partial charge in [-0.15, -0.1) is 0 Å². The van der Waals surface area contributed by atoms with Gasteiger partial charge in [0.05, 0.1) is 22.8 Å². The van der Waals surface area contributed by atoms with Crippen LogP contribution < -0.4 is 69.3 Å². The van der Waals surface area contributed by atoms with Gasteiger partial charge < -0.3 is 40.2 Å². The molecule has 4 N–H and O–H groups in total. The molecule has 0 amide bonds. The summed E-state index contributed by atoms with van der Waals surface area (Å²) in [6.45, 7) is 3.06. The van der Waals surface area contributed by atoms with Crippen LogP contribution in [0.3, 0.4) is 0 Å². The van der Waals surface area contributed by atoms with Crippen LogP contribution in [0.4, 0.5) is 0 Å². The van der Waals surface area contributed by atoms with Crippen molar-refractivity contribution in [3.05, 3.63) is 119 Å². The number of carbonyl (C=O) groups excluding carboxylic acids is 2. The Morgan fingerprint density at radius 1 is 0.450 bits per heavy atom. The zero-order valence-corrected chi connectivity index (χ0v) is 26.7. The number of benzene rings is 4. The fourth-order valence-electron chi connectivity index (χ4n) is 3.98. The Labute approximate surface area is 276 Å². The predicted molar refractivity (Wildman–Crippen MR) is 135 cm³/mol. The minimum atomic E-state index is -1.35. The van der Waals surface area contributed by atoms with Crippen LogP contribution in [0, 0.1) is 0 Å². The van der Waals surface area contributed by atoms with Crippen LogP contribution in [0.15, 0.2) is 97.1 Å². The number of rotatable bonds is 6. The first-order chi connectivity index (χ1) is 17.9. The van der Waals surface area contributed by atoms with E-state index in [1.807, 2.05) is 0 Å². The van der Waals surface area contributed by atoms with Crippen molar-refractivity contribution in [1.82, 2.24) is 0 Å². The van der Waals surface area contributed by atoms with Crippen LogP contribution >= 0.6 is 0 Å². The normalized spacial score (nSPS) is 10.7. The summed E-state index contributed by atoms with van der Waals surface area (Å²) in [7, 11) is 0. The maximum absolute atomic E-state index is 11.6. The first-order valence-electron chi connectivity index (χ1n) is 11.5. The van der Waals surface area contributed by atoms with E-state index < -0.39 is 22.8 Å². The first-order valence-corrected chi connectivity index (χ1v) is 11.5. The number of hydrogen-bond donors (Lipinski definition) is 4. The van der Waals surface area contributed by atoms with Gasteiger partial charge in [-0.25, -0.2) is 0 Å². The van der Waals surface area contributed by atoms with Gasteiger partial charge in [-0.3, -0.25) is 0 Å². The number of hydrogen-bond acceptors (Lipinski definition) is 8. The summed E-state index contributed by atoms with van der Waals surface area (Å²) in [4.78, 5) is 23.1. The number of phenols is 4. The summed E-state index contributed by atoms with van der Waals surface area (Å²) in [5.74, 6) is -2.23. The van der Waals surface area contributed by atoms with E-state index in [-0.39, 0.29) is 82.1 Å². The van der Waals surface area contributed by atoms with Gasteiger partial charge in [0.25, 0.3) is 0 Å². The fourth-order valence-corrected chi connectivity index (χ4v) is 3.98. The molecular weight excluding hydrogens is 534 g/mol. The smallest absolute Gasteiger partial charge is 0.549 e. The van der Waals surface area contributed by atoms with E-state index in [9.17, 15) is 40.2 Å². The maximum Gasteiger partial charge on any atom is 1.00 e. The molecule has 0 heterocycles. The van der Waals surface area contributed by atoms with E-state index >= 15 is 0 Å². The zero-order chi connectivity index (χ0) is 28.1. The number of carboxylic acid groups (broad SMARTS) is 2. The Hall–Kier alpha value is -2.98. The standard InChI is InChI=1S/2C15H14O4.2Na/c2*1-15(14(18)19,10-2-6-12(16)7-3-10)11-4-8-13(17)9-5-11;;/h2*2-9,16-17H,1H3,(H,18,19);;/q;;2*+1/p-2. The second-order valence-electron chi connectivity index (χ2n) is 9.01. The van der Waals surface area contributed by atoms with E-state index in [1.54, 1.807) is 0 Å². The third kappa shape index (κ3) is 7.60. The van der Waals surface area contributed by atoms with Crippen molar-refractivity contribution < 1.29 is 99.3 Å². The molecule has 4 aromatic carbocycles. The van der Waals surface area contributed by atoms with Gasteiger partial charge in [-0.1, -0.05) is 48.5 Å². The van der Waals surface area contributed by atoms with Gasteiger partial charge in [0, 0.05) is 0 Å². The molecule has 0 aliphatic heterocycles. The number of aliphatic carboxylic acids is 2. The Bertz CT molecular complexity index is 1200. The second-order valence-corrected chi connectivity index (χ2v) is 9.01. The van der Waals surface area contributed by atoms with E-state index in [2.05, 4.69) is 0 Å². The Balaban J connectivity index is 0.000000381. The SMILES string of the molecule is CC(C(=O)[O-])(c1ccc(O)cc1)c1ccc(O)cc1.CC(C(=O)[O-])(c1ccc(O)cc1)c1ccc(O)cc1.[Na+].[Na+]. The molecule has 0 atom stereocenters. The van der Waals surface area contributed by atoms with Gasteiger partial charge in [-0.2, -0.15) is 0 Å². The number of carbonyl (C=O) groups is 2. The minimum Gasteiger partial charge on any atom is -0.549 e. The second kappa shape index (κ2) is 14.6. The van der Waals surface area contributed by atoms with Gasteiger partial charge in [0.15, 0.2) is 0 Å². The largest absolute Gasteiger partial charge is 1.00 e. The van der Waals surface area contributed by atoms with Crippen LogP contribution in [-0.2, 0) is 20.4 Å². The number of phenolic OH excluding ortho intramolecular Hbond substituents is 4. The summed E-state index contributed by atoms with van der Waals surface area (Å²) in [6, 6.07) is 23.7. The minimum absolute atomic E-state index is 0. The van der Waals surface area contributed by atoms with Crippen molar-refractivity contribution in [3.63, 3.8) is 0 Å². The summed E-state index contributed by atoms with van der Waals surface area (Å²) >= 11 is 0. The average molecular weight is 561 g/mol. The number of carboxylic acids is 2. The Morgan fingerprint density at radius 2 is 0.600 bits per heavy atom. The molecule has 8 nitrogen and oxygen atoms in total. The molecule has 40 heavy (non-hydrogen) atoms. The fraction of sp³-hybridized carbons (Fsp3) is 0.133. The van der Waals surface area contributed by atoms with Gasteiger partial charge in [-0.05, 0) is 84.6 Å². The van der Waals surface area contributed by atoms with Crippen LogP contribution in [0.25, 0.3) is 0 Å². The molecule has 0 saturated heterocycles. The van der Waals surface area contributed by atoms with Crippen molar-refractivity contribution in [2.75, 3.05) is 0 Å². The summed E-state index contributed by atoms with van der Waals surface area (Å²) in [5, 5.41) is 60.2. The monoisotopic (exact) mass is 560 g/mol. The molecule has 0 radical (unpaired) electrons. The van der Waals surface area contributed by atoms with E-state index in [0.29, 0.717) is 22.3 Å². The van der Waals surface area contributed by atoms with Crippen LogP contribution in [0.5, 0.6) is 23.0 Å². The molecule has 0 saturated carbocycles. The Kier molecular flexibility index (Phi) is 12.8. The van der Waals surface area contributed by atoms with E-state index in [0.717, 1.165) is 0 Å². The molecule has 0 aliphatic rings. The average Bonchev–Trinajstić information content (AvgIpc) is 2.89.